The Morgan fingerprint density at radius 2 is 2.12 bits per heavy atom. The van der Waals surface area contributed by atoms with Crippen LogP contribution in [-0.2, 0) is 7.05 Å². The molecule has 1 aliphatic heterocycles. The fraction of sp³-hybridized carbons (Fsp3) is 0.727. The molecule has 86 valence electrons. The molecule has 2 heterocycles. The summed E-state index contributed by atoms with van der Waals surface area (Å²) in [5.74, 6) is 0.820. The van der Waals surface area contributed by atoms with Gasteiger partial charge in [0.2, 0.25) is 0 Å². The fourth-order valence-electron chi connectivity index (χ4n) is 2.21. The van der Waals surface area contributed by atoms with E-state index in [1.165, 1.54) is 18.5 Å². The van der Waals surface area contributed by atoms with Crippen molar-refractivity contribution in [1.82, 2.24) is 15.1 Å². The van der Waals surface area contributed by atoms with Crippen LogP contribution in [-0.4, -0.2) is 24.7 Å². The third-order valence-electron chi connectivity index (χ3n) is 3.06. The van der Waals surface area contributed by atoms with Gasteiger partial charge in [-0.25, -0.2) is 0 Å². The summed E-state index contributed by atoms with van der Waals surface area (Å²) in [7, 11) is 2.03. The zero-order chi connectivity index (χ0) is 10.1. The number of piperidine rings is 1. The summed E-state index contributed by atoms with van der Waals surface area (Å²) in [6, 6.07) is 2.70. The molecule has 1 aromatic heterocycles. The Kier molecular flexibility index (Phi) is 6.95. The van der Waals surface area contributed by atoms with E-state index in [9.17, 15) is 0 Å². The SMILES string of the molecule is Cc1cc(C2CCC(C)CN2)n(C)n1.[BH4-].[Na+]. The maximum atomic E-state index is 4.38. The maximum Gasteiger partial charge on any atom is 1.00 e. The first-order valence-electron chi connectivity index (χ1n) is 5.40. The van der Waals surface area contributed by atoms with Crippen LogP contribution in [0.5, 0.6) is 0 Å². The standard InChI is InChI=1S/C11H19N3.BH4.Na/c1-8-4-5-10(12-7-8)11-6-9(2)13-14(11)3;;/h6,8,10,12H,4-5,7H2,1-3H3;1H4;/q;-1;+1. The molecule has 1 aromatic rings. The summed E-state index contributed by atoms with van der Waals surface area (Å²) < 4.78 is 2.00. The number of aromatic nitrogens is 2. The van der Waals surface area contributed by atoms with Crippen molar-refractivity contribution in [2.45, 2.75) is 32.7 Å². The van der Waals surface area contributed by atoms with Gasteiger partial charge >= 0.3 is 29.6 Å². The van der Waals surface area contributed by atoms with Crippen molar-refractivity contribution in [3.05, 3.63) is 17.5 Å². The van der Waals surface area contributed by atoms with Gasteiger partial charge in [0, 0.05) is 13.1 Å². The zero-order valence-corrected chi connectivity index (χ0v) is 12.2. The summed E-state index contributed by atoms with van der Waals surface area (Å²) >= 11 is 0. The van der Waals surface area contributed by atoms with Crippen LogP contribution in [0.2, 0.25) is 0 Å². The summed E-state index contributed by atoms with van der Waals surface area (Å²) in [5, 5.41) is 7.96. The molecule has 5 heteroatoms. The van der Waals surface area contributed by atoms with Crippen molar-refractivity contribution in [3.8, 4) is 0 Å². The van der Waals surface area contributed by atoms with E-state index in [0.717, 1.165) is 18.2 Å². The molecule has 3 nitrogen and oxygen atoms in total. The van der Waals surface area contributed by atoms with E-state index in [-0.39, 0.29) is 38.0 Å². The van der Waals surface area contributed by atoms with Crippen LogP contribution in [0.1, 0.15) is 37.2 Å². The fourth-order valence-corrected chi connectivity index (χ4v) is 2.21. The minimum atomic E-state index is 0. The molecule has 0 radical (unpaired) electrons. The monoisotopic (exact) mass is 231 g/mol. The van der Waals surface area contributed by atoms with Crippen LogP contribution in [0.15, 0.2) is 6.07 Å². The number of hydrogen-bond acceptors (Lipinski definition) is 2. The molecule has 1 saturated heterocycles. The molecule has 0 amide bonds. The Labute approximate surface area is 122 Å². The summed E-state index contributed by atoms with van der Waals surface area (Å²) in [6.45, 7) is 5.49. The predicted octanol–water partition coefficient (Wildman–Crippen LogP) is -2.66. The second-order valence-corrected chi connectivity index (χ2v) is 4.48. The first kappa shape index (κ1) is 16.2. The van der Waals surface area contributed by atoms with Gasteiger partial charge in [-0.05, 0) is 38.3 Å². The number of hydrogen-bond donors (Lipinski definition) is 1. The second-order valence-electron chi connectivity index (χ2n) is 4.48. The number of nitrogens with one attached hydrogen (secondary N) is 1. The van der Waals surface area contributed by atoms with Crippen LogP contribution >= 0.6 is 0 Å². The second kappa shape index (κ2) is 6.85. The quantitative estimate of drug-likeness (QED) is 0.535. The average Bonchev–Trinajstić information content (AvgIpc) is 2.47. The van der Waals surface area contributed by atoms with Crippen molar-refractivity contribution in [2.24, 2.45) is 13.0 Å². The van der Waals surface area contributed by atoms with Crippen LogP contribution in [0.3, 0.4) is 0 Å². The van der Waals surface area contributed by atoms with Gasteiger partial charge in [0.25, 0.3) is 0 Å². The molecule has 2 atom stereocenters. The molecule has 2 rings (SSSR count). The molecule has 0 bridgehead atoms. The van der Waals surface area contributed by atoms with Crippen LogP contribution in [0.25, 0.3) is 0 Å². The van der Waals surface area contributed by atoms with Gasteiger partial charge in [-0.1, -0.05) is 15.3 Å². The van der Waals surface area contributed by atoms with Crippen molar-refractivity contribution in [1.29, 1.82) is 0 Å². The molecule has 16 heavy (non-hydrogen) atoms. The van der Waals surface area contributed by atoms with Crippen molar-refractivity contribution < 1.29 is 29.6 Å². The number of nitrogens with zero attached hydrogens (tertiary/aromatic N) is 2. The molecule has 1 aliphatic rings. The van der Waals surface area contributed by atoms with Crippen molar-refractivity contribution in [3.63, 3.8) is 0 Å². The predicted molar refractivity (Wildman–Crippen MR) is 68.4 cm³/mol. The third kappa shape index (κ3) is 3.62. The molecule has 0 saturated carbocycles. The maximum absolute atomic E-state index is 4.38. The average molecular weight is 231 g/mol. The van der Waals surface area contributed by atoms with Gasteiger partial charge in [0.1, 0.15) is 0 Å². The molecule has 0 spiro atoms. The minimum absolute atomic E-state index is 0. The molecular weight excluding hydrogens is 208 g/mol. The molecular formula is C11H23BN3Na. The number of aryl methyl sites for hydroxylation is 2. The van der Waals surface area contributed by atoms with Gasteiger partial charge in [-0.2, -0.15) is 5.10 Å². The Morgan fingerprint density at radius 3 is 2.56 bits per heavy atom. The number of rotatable bonds is 1. The summed E-state index contributed by atoms with van der Waals surface area (Å²) in [5.41, 5.74) is 2.44. The largest absolute Gasteiger partial charge is 1.00 e. The Morgan fingerprint density at radius 1 is 1.44 bits per heavy atom. The van der Waals surface area contributed by atoms with E-state index in [2.05, 4.69) is 30.3 Å². The van der Waals surface area contributed by atoms with Crippen molar-refractivity contribution in [2.75, 3.05) is 6.54 Å². The van der Waals surface area contributed by atoms with Crippen LogP contribution < -0.4 is 34.9 Å². The first-order chi connectivity index (χ1) is 6.66. The topological polar surface area (TPSA) is 29.9 Å². The van der Waals surface area contributed by atoms with Gasteiger partial charge in [-0.3, -0.25) is 4.68 Å². The van der Waals surface area contributed by atoms with E-state index in [4.69, 9.17) is 0 Å². The minimum Gasteiger partial charge on any atom is -0.308 e. The zero-order valence-electron chi connectivity index (χ0n) is 10.2. The Hall–Kier alpha value is 0.235. The molecule has 0 aliphatic carbocycles. The van der Waals surface area contributed by atoms with E-state index in [1.54, 1.807) is 0 Å². The molecule has 2 unspecified atom stereocenters. The Balaban J connectivity index is 0.00000112. The van der Waals surface area contributed by atoms with Gasteiger partial charge in [-0.15, -0.1) is 0 Å². The first-order valence-corrected chi connectivity index (χ1v) is 5.40. The van der Waals surface area contributed by atoms with E-state index >= 15 is 0 Å². The van der Waals surface area contributed by atoms with E-state index in [0.29, 0.717) is 6.04 Å². The summed E-state index contributed by atoms with van der Waals surface area (Å²) in [4.78, 5) is 0. The van der Waals surface area contributed by atoms with Crippen LogP contribution in [0.4, 0.5) is 0 Å². The third-order valence-corrected chi connectivity index (χ3v) is 3.06. The van der Waals surface area contributed by atoms with Gasteiger partial charge in [0.05, 0.1) is 11.4 Å². The normalized spacial score (nSPS) is 24.4. The van der Waals surface area contributed by atoms with Gasteiger partial charge < -0.3 is 5.32 Å². The van der Waals surface area contributed by atoms with Crippen LogP contribution in [0, 0.1) is 12.8 Å². The van der Waals surface area contributed by atoms with Gasteiger partial charge in [0.15, 0.2) is 0 Å². The van der Waals surface area contributed by atoms with Crippen molar-refractivity contribution >= 4 is 8.41 Å². The Bertz CT molecular complexity index is 319. The smallest absolute Gasteiger partial charge is 0.308 e. The summed E-state index contributed by atoms with van der Waals surface area (Å²) in [6.07, 6.45) is 2.56. The molecule has 0 aromatic carbocycles. The molecule has 1 fully saturated rings. The van der Waals surface area contributed by atoms with E-state index in [1.807, 2.05) is 11.7 Å². The molecule has 1 N–H and O–H groups in total. The van der Waals surface area contributed by atoms with E-state index < -0.39 is 0 Å².